The average Bonchev–Trinajstić information content (AvgIpc) is 3.01. The van der Waals surface area contributed by atoms with Gasteiger partial charge in [-0.25, -0.2) is 9.37 Å². The second kappa shape index (κ2) is 5.12. The molecule has 116 valence electrons. The molecule has 1 aromatic heterocycles. The summed E-state index contributed by atoms with van der Waals surface area (Å²) in [6.07, 6.45) is 0. The lowest BCUT2D eigenvalue weighted by molar-refractivity contribution is 0.171. The number of methoxy groups -OCH3 is 1. The van der Waals surface area contributed by atoms with E-state index in [0.717, 1.165) is 22.2 Å². The molecule has 0 aliphatic carbocycles. The molecule has 4 rings (SSSR count). The van der Waals surface area contributed by atoms with E-state index in [9.17, 15) is 4.39 Å². The Kier molecular flexibility index (Phi) is 3.08. The van der Waals surface area contributed by atoms with Gasteiger partial charge < -0.3 is 14.2 Å². The third kappa shape index (κ3) is 2.25. The highest BCUT2D eigenvalue weighted by Crippen LogP contribution is 2.44. The van der Waals surface area contributed by atoms with Crippen LogP contribution in [0.15, 0.2) is 36.4 Å². The number of pyridine rings is 1. The number of ether oxygens (including phenoxy) is 3. The maximum Gasteiger partial charge on any atom is 0.231 e. The summed E-state index contributed by atoms with van der Waals surface area (Å²) in [6.45, 7) is 2.15. The zero-order chi connectivity index (χ0) is 16.0. The van der Waals surface area contributed by atoms with Gasteiger partial charge in [-0.1, -0.05) is 0 Å². The van der Waals surface area contributed by atoms with Crippen molar-refractivity contribution in [2.75, 3.05) is 13.9 Å². The topological polar surface area (TPSA) is 40.6 Å². The van der Waals surface area contributed by atoms with E-state index in [2.05, 4.69) is 4.98 Å². The van der Waals surface area contributed by atoms with E-state index in [1.54, 1.807) is 13.2 Å². The molecule has 0 amide bonds. The lowest BCUT2D eigenvalue weighted by Crippen LogP contribution is -1.93. The fraction of sp³-hybridized carbons (Fsp3) is 0.167. The van der Waals surface area contributed by atoms with Crippen molar-refractivity contribution in [3.05, 3.63) is 47.8 Å². The summed E-state index contributed by atoms with van der Waals surface area (Å²) in [5.41, 5.74) is 3.22. The van der Waals surface area contributed by atoms with Crippen molar-refractivity contribution in [3.8, 4) is 28.5 Å². The first kappa shape index (κ1) is 13.8. The van der Waals surface area contributed by atoms with E-state index in [0.29, 0.717) is 22.8 Å². The minimum atomic E-state index is -0.301. The molecule has 0 unspecified atom stereocenters. The van der Waals surface area contributed by atoms with E-state index < -0.39 is 0 Å². The van der Waals surface area contributed by atoms with Crippen LogP contribution in [-0.4, -0.2) is 18.9 Å². The molecule has 1 aliphatic heterocycles. The Morgan fingerprint density at radius 1 is 1.13 bits per heavy atom. The van der Waals surface area contributed by atoms with Crippen molar-refractivity contribution in [2.45, 2.75) is 6.92 Å². The Balaban J connectivity index is 1.92. The lowest BCUT2D eigenvalue weighted by atomic mass is 10.0. The minimum absolute atomic E-state index is 0.171. The molecule has 0 spiro atoms. The Labute approximate surface area is 132 Å². The molecule has 0 N–H and O–H groups in total. The molecule has 3 aromatic rings. The number of fused-ring (bicyclic) bond motifs is 2. The molecule has 0 atom stereocenters. The van der Waals surface area contributed by atoms with Crippen LogP contribution < -0.4 is 14.2 Å². The van der Waals surface area contributed by atoms with Crippen LogP contribution in [0, 0.1) is 12.7 Å². The van der Waals surface area contributed by atoms with Gasteiger partial charge in [0.1, 0.15) is 5.82 Å². The van der Waals surface area contributed by atoms with Crippen molar-refractivity contribution in [3.63, 3.8) is 0 Å². The zero-order valence-corrected chi connectivity index (χ0v) is 12.7. The van der Waals surface area contributed by atoms with Crippen LogP contribution in [0.2, 0.25) is 0 Å². The average molecular weight is 311 g/mol. The maximum atomic E-state index is 13.5. The quantitative estimate of drug-likeness (QED) is 0.715. The normalized spacial score (nSPS) is 12.7. The van der Waals surface area contributed by atoms with Crippen LogP contribution in [0.3, 0.4) is 0 Å². The van der Waals surface area contributed by atoms with Gasteiger partial charge in [-0.2, -0.15) is 0 Å². The van der Waals surface area contributed by atoms with Crippen LogP contribution >= 0.6 is 0 Å². The number of benzene rings is 2. The molecule has 5 heteroatoms. The molecule has 0 radical (unpaired) electrons. The molecule has 2 heterocycles. The zero-order valence-electron chi connectivity index (χ0n) is 12.7. The summed E-state index contributed by atoms with van der Waals surface area (Å²) in [7, 11) is 1.58. The number of nitrogens with zero attached hydrogens (tertiary/aromatic N) is 1. The van der Waals surface area contributed by atoms with Gasteiger partial charge in [-0.15, -0.1) is 0 Å². The van der Waals surface area contributed by atoms with Gasteiger partial charge in [0.05, 0.1) is 18.3 Å². The fourth-order valence-corrected chi connectivity index (χ4v) is 2.80. The second-order valence-corrected chi connectivity index (χ2v) is 5.40. The lowest BCUT2D eigenvalue weighted by Gasteiger charge is -2.10. The second-order valence-electron chi connectivity index (χ2n) is 5.40. The Morgan fingerprint density at radius 3 is 2.83 bits per heavy atom. The molecule has 0 fully saturated rings. The predicted molar refractivity (Wildman–Crippen MR) is 84.5 cm³/mol. The molecule has 1 aliphatic rings. The van der Waals surface area contributed by atoms with Crippen LogP contribution in [0.5, 0.6) is 17.2 Å². The molecular weight excluding hydrogens is 297 g/mol. The van der Waals surface area contributed by atoms with Gasteiger partial charge >= 0.3 is 0 Å². The van der Waals surface area contributed by atoms with Crippen LogP contribution in [0.1, 0.15) is 5.56 Å². The van der Waals surface area contributed by atoms with Crippen molar-refractivity contribution in [2.24, 2.45) is 0 Å². The molecule has 0 bridgehead atoms. The van der Waals surface area contributed by atoms with Crippen molar-refractivity contribution in [1.82, 2.24) is 4.98 Å². The number of hydrogen-bond donors (Lipinski definition) is 0. The van der Waals surface area contributed by atoms with Gasteiger partial charge in [0.15, 0.2) is 11.5 Å². The standard InChI is InChI=1S/C18H14FNO3/c1-10-5-14(20-15-8-12(19)3-4-13(10)15)11-6-16(21-2)18-17(7-11)22-9-23-18/h3-8H,9H2,1-2H3. The number of halogens is 1. The van der Waals surface area contributed by atoms with Gasteiger partial charge in [-0.3, -0.25) is 0 Å². The SMILES string of the molecule is COc1cc(-c2cc(C)c3ccc(F)cc3n2)cc2c1OCO2. The van der Waals surface area contributed by atoms with E-state index in [4.69, 9.17) is 14.2 Å². The largest absolute Gasteiger partial charge is 0.493 e. The summed E-state index contributed by atoms with van der Waals surface area (Å²) < 4.78 is 29.7. The molecule has 0 saturated heterocycles. The smallest absolute Gasteiger partial charge is 0.231 e. The first-order valence-corrected chi connectivity index (χ1v) is 7.20. The van der Waals surface area contributed by atoms with E-state index in [1.165, 1.54) is 12.1 Å². The van der Waals surface area contributed by atoms with Crippen LogP contribution in [0.25, 0.3) is 22.2 Å². The van der Waals surface area contributed by atoms with Gasteiger partial charge in [0, 0.05) is 17.0 Å². The molecular formula is C18H14FNO3. The Bertz CT molecular complexity index is 924. The highest BCUT2D eigenvalue weighted by atomic mass is 19.1. The van der Waals surface area contributed by atoms with Crippen molar-refractivity contribution < 1.29 is 18.6 Å². The van der Waals surface area contributed by atoms with Gasteiger partial charge in [0.25, 0.3) is 0 Å². The summed E-state index contributed by atoms with van der Waals surface area (Å²) in [6, 6.07) is 10.3. The molecule has 2 aromatic carbocycles. The first-order valence-electron chi connectivity index (χ1n) is 7.20. The summed E-state index contributed by atoms with van der Waals surface area (Å²) in [4.78, 5) is 4.58. The third-order valence-corrected chi connectivity index (χ3v) is 3.93. The van der Waals surface area contributed by atoms with Gasteiger partial charge in [0.2, 0.25) is 12.5 Å². The fourth-order valence-electron chi connectivity index (χ4n) is 2.80. The molecule has 4 nitrogen and oxygen atoms in total. The van der Waals surface area contributed by atoms with Gasteiger partial charge in [-0.05, 0) is 42.8 Å². The van der Waals surface area contributed by atoms with Crippen molar-refractivity contribution >= 4 is 10.9 Å². The van der Waals surface area contributed by atoms with E-state index in [-0.39, 0.29) is 12.6 Å². The first-order chi connectivity index (χ1) is 11.2. The predicted octanol–water partition coefficient (Wildman–Crippen LogP) is 4.09. The van der Waals surface area contributed by atoms with E-state index >= 15 is 0 Å². The highest BCUT2D eigenvalue weighted by Gasteiger charge is 2.21. The highest BCUT2D eigenvalue weighted by molar-refractivity contribution is 5.85. The summed E-state index contributed by atoms with van der Waals surface area (Å²) >= 11 is 0. The number of hydrogen-bond acceptors (Lipinski definition) is 4. The number of aromatic nitrogens is 1. The summed E-state index contributed by atoms with van der Waals surface area (Å²) in [5, 5.41) is 0.933. The Morgan fingerprint density at radius 2 is 2.00 bits per heavy atom. The third-order valence-electron chi connectivity index (χ3n) is 3.93. The number of rotatable bonds is 2. The van der Waals surface area contributed by atoms with Crippen LogP contribution in [0.4, 0.5) is 4.39 Å². The summed E-state index contributed by atoms with van der Waals surface area (Å²) in [5.74, 6) is 1.51. The monoisotopic (exact) mass is 311 g/mol. The molecule has 23 heavy (non-hydrogen) atoms. The van der Waals surface area contributed by atoms with Crippen LogP contribution in [-0.2, 0) is 0 Å². The number of aryl methyl sites for hydroxylation is 1. The van der Waals surface area contributed by atoms with Crippen molar-refractivity contribution in [1.29, 1.82) is 0 Å². The maximum absolute atomic E-state index is 13.5. The Hall–Kier alpha value is -2.82. The van der Waals surface area contributed by atoms with E-state index in [1.807, 2.05) is 25.1 Å². The minimum Gasteiger partial charge on any atom is -0.493 e. The molecule has 0 saturated carbocycles.